The van der Waals surface area contributed by atoms with Crippen LogP contribution in [0.2, 0.25) is 0 Å². The molecule has 0 aliphatic heterocycles. The first kappa shape index (κ1) is 10.8. The van der Waals surface area contributed by atoms with Crippen LogP contribution in [-0.2, 0) is 12.8 Å². The second-order valence-electron chi connectivity index (χ2n) is 4.21. The van der Waals surface area contributed by atoms with Gasteiger partial charge in [-0.3, -0.25) is 4.98 Å². The van der Waals surface area contributed by atoms with E-state index in [1.165, 1.54) is 5.56 Å². The second-order valence-corrected chi connectivity index (χ2v) is 4.21. The molecule has 0 bridgehead atoms. The molecule has 2 aromatic heterocycles. The summed E-state index contributed by atoms with van der Waals surface area (Å²) in [5.41, 5.74) is 2.22. The number of aryl methyl sites for hydroxylation is 2. The van der Waals surface area contributed by atoms with E-state index >= 15 is 0 Å². The highest BCUT2D eigenvalue weighted by molar-refractivity contribution is 5.77. The van der Waals surface area contributed by atoms with Gasteiger partial charge < -0.3 is 0 Å². The van der Waals surface area contributed by atoms with Crippen LogP contribution in [0.4, 0.5) is 0 Å². The van der Waals surface area contributed by atoms with E-state index in [4.69, 9.17) is 0 Å². The Kier molecular flexibility index (Phi) is 2.96. The van der Waals surface area contributed by atoms with Crippen LogP contribution in [0.5, 0.6) is 0 Å². The third-order valence-corrected chi connectivity index (χ3v) is 2.90. The Labute approximate surface area is 106 Å². The number of fused-ring (bicyclic) bond motifs is 1. The molecular formula is C15H13N3. The first-order chi connectivity index (χ1) is 8.92. The standard InChI is InChI=1S/C15H13N3/c1-2-6-14-13(5-1)11-17-15(18-14)8-7-12-4-3-9-16-10-12/h1-6,9-11H,7-8H2. The average molecular weight is 235 g/mol. The zero-order chi connectivity index (χ0) is 12.2. The molecule has 0 spiro atoms. The molecule has 0 fully saturated rings. The Bertz CT molecular complexity index is 650. The van der Waals surface area contributed by atoms with Crippen molar-refractivity contribution in [3.63, 3.8) is 0 Å². The SMILES string of the molecule is c1cncc(CCc2ncc3ccccc3n2)c1. The molecule has 0 saturated heterocycles. The van der Waals surface area contributed by atoms with Crippen molar-refractivity contribution in [1.82, 2.24) is 15.0 Å². The van der Waals surface area contributed by atoms with Gasteiger partial charge in [0.15, 0.2) is 0 Å². The lowest BCUT2D eigenvalue weighted by atomic mass is 10.1. The highest BCUT2D eigenvalue weighted by Gasteiger charge is 2.00. The molecule has 0 aliphatic rings. The molecule has 0 radical (unpaired) electrons. The van der Waals surface area contributed by atoms with Crippen LogP contribution in [-0.4, -0.2) is 15.0 Å². The lowest BCUT2D eigenvalue weighted by Crippen LogP contribution is -1.98. The fourth-order valence-corrected chi connectivity index (χ4v) is 1.93. The number of aromatic nitrogens is 3. The molecule has 3 aromatic rings. The monoisotopic (exact) mass is 235 g/mol. The van der Waals surface area contributed by atoms with Gasteiger partial charge in [0.2, 0.25) is 0 Å². The zero-order valence-corrected chi connectivity index (χ0v) is 9.95. The second kappa shape index (κ2) is 4.92. The smallest absolute Gasteiger partial charge is 0.129 e. The van der Waals surface area contributed by atoms with E-state index < -0.39 is 0 Å². The average Bonchev–Trinajstić information content (AvgIpc) is 2.46. The van der Waals surface area contributed by atoms with Crippen LogP contribution in [0.15, 0.2) is 55.0 Å². The summed E-state index contributed by atoms with van der Waals surface area (Å²) < 4.78 is 0. The van der Waals surface area contributed by atoms with E-state index in [1.54, 1.807) is 6.20 Å². The summed E-state index contributed by atoms with van der Waals surface area (Å²) in [5, 5.41) is 1.09. The van der Waals surface area contributed by atoms with Gasteiger partial charge in [0.1, 0.15) is 5.82 Å². The first-order valence-electron chi connectivity index (χ1n) is 6.01. The fourth-order valence-electron chi connectivity index (χ4n) is 1.93. The van der Waals surface area contributed by atoms with Crippen molar-refractivity contribution in [2.75, 3.05) is 0 Å². The Morgan fingerprint density at radius 2 is 1.83 bits per heavy atom. The number of rotatable bonds is 3. The van der Waals surface area contributed by atoms with Crippen LogP contribution in [0, 0.1) is 0 Å². The van der Waals surface area contributed by atoms with E-state index in [0.717, 1.165) is 29.6 Å². The summed E-state index contributed by atoms with van der Waals surface area (Å²) in [4.78, 5) is 13.1. The molecule has 0 saturated carbocycles. The molecule has 2 heterocycles. The van der Waals surface area contributed by atoms with Gasteiger partial charge in [-0.15, -0.1) is 0 Å². The largest absolute Gasteiger partial charge is 0.264 e. The van der Waals surface area contributed by atoms with E-state index in [-0.39, 0.29) is 0 Å². The molecule has 1 aromatic carbocycles. The molecule has 0 aliphatic carbocycles. The van der Waals surface area contributed by atoms with Gasteiger partial charge >= 0.3 is 0 Å². The maximum absolute atomic E-state index is 4.56. The third-order valence-electron chi connectivity index (χ3n) is 2.90. The lowest BCUT2D eigenvalue weighted by Gasteiger charge is -2.02. The Morgan fingerprint density at radius 3 is 2.72 bits per heavy atom. The summed E-state index contributed by atoms with van der Waals surface area (Å²) in [6, 6.07) is 12.1. The molecular weight excluding hydrogens is 222 g/mol. The molecule has 3 nitrogen and oxygen atoms in total. The molecule has 0 N–H and O–H groups in total. The maximum Gasteiger partial charge on any atom is 0.129 e. The first-order valence-corrected chi connectivity index (χ1v) is 6.01. The van der Waals surface area contributed by atoms with Crippen molar-refractivity contribution in [2.45, 2.75) is 12.8 Å². The minimum absolute atomic E-state index is 0.844. The highest BCUT2D eigenvalue weighted by Crippen LogP contribution is 2.10. The minimum atomic E-state index is 0.844. The Hall–Kier alpha value is -2.29. The Balaban J connectivity index is 1.79. The van der Waals surface area contributed by atoms with Gasteiger partial charge in [-0.1, -0.05) is 24.3 Å². The fraction of sp³-hybridized carbons (Fsp3) is 0.133. The number of nitrogens with zero attached hydrogens (tertiary/aromatic N) is 3. The number of hydrogen-bond acceptors (Lipinski definition) is 3. The van der Waals surface area contributed by atoms with E-state index in [9.17, 15) is 0 Å². The van der Waals surface area contributed by atoms with Crippen molar-refractivity contribution >= 4 is 10.9 Å². The normalized spacial score (nSPS) is 10.7. The third kappa shape index (κ3) is 2.35. The lowest BCUT2D eigenvalue weighted by molar-refractivity contribution is 0.865. The van der Waals surface area contributed by atoms with Crippen LogP contribution < -0.4 is 0 Å². The quantitative estimate of drug-likeness (QED) is 0.700. The molecule has 3 rings (SSSR count). The van der Waals surface area contributed by atoms with Crippen molar-refractivity contribution in [2.24, 2.45) is 0 Å². The van der Waals surface area contributed by atoms with Gasteiger partial charge in [0, 0.05) is 30.4 Å². The van der Waals surface area contributed by atoms with E-state index in [0.29, 0.717) is 0 Å². The molecule has 88 valence electrons. The van der Waals surface area contributed by atoms with Gasteiger partial charge in [-0.2, -0.15) is 0 Å². The summed E-state index contributed by atoms with van der Waals surface area (Å²) in [7, 11) is 0. The van der Waals surface area contributed by atoms with Gasteiger partial charge in [-0.25, -0.2) is 9.97 Å². The van der Waals surface area contributed by atoms with Crippen LogP contribution >= 0.6 is 0 Å². The zero-order valence-electron chi connectivity index (χ0n) is 9.95. The summed E-state index contributed by atoms with van der Waals surface area (Å²) in [6.45, 7) is 0. The number of hydrogen-bond donors (Lipinski definition) is 0. The van der Waals surface area contributed by atoms with Crippen molar-refractivity contribution in [3.8, 4) is 0 Å². The number of pyridine rings is 1. The summed E-state index contributed by atoms with van der Waals surface area (Å²) in [5.74, 6) is 0.887. The summed E-state index contributed by atoms with van der Waals surface area (Å²) in [6.07, 6.45) is 7.33. The molecule has 3 heteroatoms. The maximum atomic E-state index is 4.56. The minimum Gasteiger partial charge on any atom is -0.264 e. The number of benzene rings is 1. The Morgan fingerprint density at radius 1 is 0.889 bits per heavy atom. The van der Waals surface area contributed by atoms with Gasteiger partial charge in [0.25, 0.3) is 0 Å². The number of para-hydroxylation sites is 1. The molecule has 18 heavy (non-hydrogen) atoms. The van der Waals surface area contributed by atoms with Crippen molar-refractivity contribution in [1.29, 1.82) is 0 Å². The topological polar surface area (TPSA) is 38.7 Å². The van der Waals surface area contributed by atoms with Crippen LogP contribution in [0.3, 0.4) is 0 Å². The molecule has 0 unspecified atom stereocenters. The van der Waals surface area contributed by atoms with Crippen LogP contribution in [0.1, 0.15) is 11.4 Å². The van der Waals surface area contributed by atoms with Gasteiger partial charge in [-0.05, 0) is 24.1 Å². The molecule has 0 atom stereocenters. The van der Waals surface area contributed by atoms with Crippen molar-refractivity contribution in [3.05, 3.63) is 66.4 Å². The predicted molar refractivity (Wildman–Crippen MR) is 71.2 cm³/mol. The van der Waals surface area contributed by atoms with Crippen LogP contribution in [0.25, 0.3) is 10.9 Å². The highest BCUT2D eigenvalue weighted by atomic mass is 14.9. The predicted octanol–water partition coefficient (Wildman–Crippen LogP) is 2.81. The summed E-state index contributed by atoms with van der Waals surface area (Å²) >= 11 is 0. The van der Waals surface area contributed by atoms with E-state index in [1.807, 2.05) is 42.7 Å². The molecule has 0 amide bonds. The van der Waals surface area contributed by atoms with E-state index in [2.05, 4.69) is 21.0 Å². The van der Waals surface area contributed by atoms with Gasteiger partial charge in [0.05, 0.1) is 5.52 Å². The van der Waals surface area contributed by atoms with Crippen molar-refractivity contribution < 1.29 is 0 Å².